The largest absolute Gasteiger partial charge is 0.359 e. The summed E-state index contributed by atoms with van der Waals surface area (Å²) >= 11 is 0. The van der Waals surface area contributed by atoms with Crippen LogP contribution in [0.1, 0.15) is 56.7 Å². The van der Waals surface area contributed by atoms with Gasteiger partial charge in [0.25, 0.3) is 0 Å². The number of carbonyl (C=O) groups excluding carboxylic acids is 2. The molecule has 1 aliphatic heterocycles. The molecule has 1 amide bonds. The number of likely N-dealkylation sites (tertiary alicyclic amines) is 1. The highest BCUT2D eigenvalue weighted by Gasteiger charge is 2.37. The summed E-state index contributed by atoms with van der Waals surface area (Å²) in [5, 5.41) is 0. The van der Waals surface area contributed by atoms with E-state index in [4.69, 9.17) is 0 Å². The zero-order valence-corrected chi connectivity index (χ0v) is 22.9. The summed E-state index contributed by atoms with van der Waals surface area (Å²) in [5.74, 6) is 0.794. The predicted octanol–water partition coefficient (Wildman–Crippen LogP) is 6.08. The number of nitrogens with zero attached hydrogens (tertiary/aromatic N) is 3. The molecule has 2 aliphatic rings. The summed E-state index contributed by atoms with van der Waals surface area (Å²) in [6, 6.07) is 11.1. The predicted molar refractivity (Wildman–Crippen MR) is 153 cm³/mol. The Morgan fingerprint density at radius 1 is 1.16 bits per heavy atom. The van der Waals surface area contributed by atoms with E-state index in [-0.39, 0.29) is 17.7 Å². The van der Waals surface area contributed by atoms with Gasteiger partial charge in [-0.2, -0.15) is 0 Å². The number of benzene rings is 2. The summed E-state index contributed by atoms with van der Waals surface area (Å²) in [5.41, 5.74) is 3.05. The Labute approximate surface area is 225 Å². The van der Waals surface area contributed by atoms with E-state index < -0.39 is 11.4 Å². The molecule has 2 aromatic carbocycles. The molecule has 200 valence electrons. The van der Waals surface area contributed by atoms with Gasteiger partial charge in [0.1, 0.15) is 23.5 Å². The van der Waals surface area contributed by atoms with Crippen LogP contribution in [0.3, 0.4) is 0 Å². The van der Waals surface area contributed by atoms with Crippen LogP contribution >= 0.6 is 0 Å². The van der Waals surface area contributed by atoms with Crippen molar-refractivity contribution in [3.63, 3.8) is 0 Å². The van der Waals surface area contributed by atoms with Crippen molar-refractivity contribution in [2.75, 3.05) is 26.7 Å². The first kappa shape index (κ1) is 27.5. The molecule has 1 aliphatic carbocycles. The van der Waals surface area contributed by atoms with Crippen LogP contribution in [0.4, 0.5) is 4.39 Å². The lowest BCUT2D eigenvalue weighted by atomic mass is 9.97. The fraction of sp³-hybridized carbons (Fsp3) is 0.406. The zero-order valence-electron chi connectivity index (χ0n) is 22.9. The van der Waals surface area contributed by atoms with Crippen molar-refractivity contribution in [1.29, 1.82) is 0 Å². The van der Waals surface area contributed by atoms with Gasteiger partial charge in [0.05, 0.1) is 5.56 Å². The zero-order chi connectivity index (χ0) is 27.4. The first-order chi connectivity index (χ1) is 18.2. The normalized spacial score (nSPS) is 18.2. The van der Waals surface area contributed by atoms with Gasteiger partial charge in [0, 0.05) is 32.6 Å². The highest BCUT2D eigenvalue weighted by molar-refractivity contribution is 6.00. The number of rotatable bonds is 9. The third-order valence-corrected chi connectivity index (χ3v) is 7.30. The molecule has 1 atom stereocenters. The molecule has 1 unspecified atom stereocenters. The van der Waals surface area contributed by atoms with Crippen LogP contribution in [-0.2, 0) is 9.59 Å². The second kappa shape index (κ2) is 11.5. The summed E-state index contributed by atoms with van der Waals surface area (Å²) in [6.07, 6.45) is 9.47. The van der Waals surface area contributed by atoms with Gasteiger partial charge < -0.3 is 14.6 Å². The van der Waals surface area contributed by atoms with Gasteiger partial charge in [-0.1, -0.05) is 43.0 Å². The topological polar surface area (TPSA) is 53.0 Å². The SMILES string of the molecule is C=Cc1ccc(-c2ccc(C(=NC(C)(C)C=O)N(C)CC3CCN(C(=O)C4CC4)C3)c(F)c2)cc1/C=C\C. The van der Waals surface area contributed by atoms with Gasteiger partial charge >= 0.3 is 0 Å². The van der Waals surface area contributed by atoms with Crippen molar-refractivity contribution < 1.29 is 14.0 Å². The van der Waals surface area contributed by atoms with Crippen molar-refractivity contribution >= 4 is 30.2 Å². The molecule has 1 saturated carbocycles. The summed E-state index contributed by atoms with van der Waals surface area (Å²) < 4.78 is 15.7. The molecule has 0 aromatic heterocycles. The highest BCUT2D eigenvalue weighted by atomic mass is 19.1. The first-order valence-corrected chi connectivity index (χ1v) is 13.4. The van der Waals surface area contributed by atoms with Crippen LogP contribution in [-0.4, -0.2) is 60.0 Å². The average Bonchev–Trinajstić information content (AvgIpc) is 3.65. The molecule has 0 N–H and O–H groups in total. The van der Waals surface area contributed by atoms with E-state index in [1.54, 1.807) is 19.9 Å². The van der Waals surface area contributed by atoms with Crippen LogP contribution in [0.2, 0.25) is 0 Å². The monoisotopic (exact) mass is 515 g/mol. The Morgan fingerprint density at radius 3 is 2.50 bits per heavy atom. The van der Waals surface area contributed by atoms with Gasteiger partial charge in [-0.05, 0) is 86.4 Å². The fourth-order valence-electron chi connectivity index (χ4n) is 5.03. The van der Waals surface area contributed by atoms with Crippen LogP contribution in [0.5, 0.6) is 0 Å². The number of hydrogen-bond acceptors (Lipinski definition) is 3. The molecule has 0 radical (unpaired) electrons. The molecule has 38 heavy (non-hydrogen) atoms. The molecule has 2 aromatic rings. The van der Waals surface area contributed by atoms with Crippen molar-refractivity contribution in [3.05, 3.63) is 71.6 Å². The number of allylic oxidation sites excluding steroid dienone is 1. The molecule has 0 spiro atoms. The molecule has 4 rings (SSSR count). The van der Waals surface area contributed by atoms with E-state index in [1.165, 1.54) is 6.07 Å². The highest BCUT2D eigenvalue weighted by Crippen LogP contribution is 2.33. The van der Waals surface area contributed by atoms with Crippen molar-refractivity contribution in [3.8, 4) is 11.1 Å². The summed E-state index contributed by atoms with van der Waals surface area (Å²) in [7, 11) is 1.88. The number of aliphatic imine (C=N–C) groups is 1. The van der Waals surface area contributed by atoms with Gasteiger partial charge in [-0.15, -0.1) is 0 Å². The van der Waals surface area contributed by atoms with Crippen LogP contribution in [0.15, 0.2) is 54.0 Å². The number of aldehydes is 1. The van der Waals surface area contributed by atoms with E-state index >= 15 is 4.39 Å². The van der Waals surface area contributed by atoms with E-state index in [1.807, 2.05) is 66.3 Å². The summed E-state index contributed by atoms with van der Waals surface area (Å²) in [6.45, 7) is 11.4. The van der Waals surface area contributed by atoms with Gasteiger partial charge in [0.15, 0.2) is 0 Å². The third kappa shape index (κ3) is 6.29. The minimum atomic E-state index is -1.000. The van der Waals surface area contributed by atoms with Crippen LogP contribution in [0, 0.1) is 17.7 Å². The second-order valence-electron chi connectivity index (χ2n) is 11.0. The Bertz CT molecular complexity index is 1280. The van der Waals surface area contributed by atoms with E-state index in [0.29, 0.717) is 24.5 Å². The van der Waals surface area contributed by atoms with Gasteiger partial charge in [-0.25, -0.2) is 4.39 Å². The lowest BCUT2D eigenvalue weighted by Crippen LogP contribution is -2.37. The quantitative estimate of drug-likeness (QED) is 0.231. The number of hydrogen-bond donors (Lipinski definition) is 0. The minimum absolute atomic E-state index is 0.214. The van der Waals surface area contributed by atoms with E-state index in [9.17, 15) is 9.59 Å². The van der Waals surface area contributed by atoms with E-state index in [0.717, 1.165) is 54.3 Å². The molecule has 0 bridgehead atoms. The molecular weight excluding hydrogens is 477 g/mol. The van der Waals surface area contributed by atoms with Gasteiger partial charge in [0.2, 0.25) is 5.91 Å². The van der Waals surface area contributed by atoms with E-state index in [2.05, 4.69) is 11.6 Å². The Hall–Kier alpha value is -3.54. The van der Waals surface area contributed by atoms with Gasteiger partial charge in [-0.3, -0.25) is 9.79 Å². The molecule has 5 nitrogen and oxygen atoms in total. The van der Waals surface area contributed by atoms with Crippen molar-refractivity contribution in [2.45, 2.75) is 45.6 Å². The fourth-order valence-corrected chi connectivity index (χ4v) is 5.03. The number of carbonyl (C=O) groups is 2. The lowest BCUT2D eigenvalue weighted by molar-refractivity contribution is -0.131. The van der Waals surface area contributed by atoms with Crippen molar-refractivity contribution in [1.82, 2.24) is 9.80 Å². The van der Waals surface area contributed by atoms with Crippen LogP contribution in [0.25, 0.3) is 23.3 Å². The summed E-state index contributed by atoms with van der Waals surface area (Å²) in [4.78, 5) is 32.8. The third-order valence-electron chi connectivity index (χ3n) is 7.30. The first-order valence-electron chi connectivity index (χ1n) is 13.4. The smallest absolute Gasteiger partial charge is 0.225 e. The maximum absolute atomic E-state index is 15.7. The van der Waals surface area contributed by atoms with Crippen LogP contribution < -0.4 is 0 Å². The Balaban J connectivity index is 1.60. The van der Waals surface area contributed by atoms with Crippen molar-refractivity contribution in [2.24, 2.45) is 16.8 Å². The number of halogens is 1. The Kier molecular flexibility index (Phi) is 8.29. The maximum Gasteiger partial charge on any atom is 0.225 e. The second-order valence-corrected chi connectivity index (χ2v) is 11.0. The number of amidine groups is 1. The molecule has 6 heteroatoms. The molecule has 1 heterocycles. The standard InChI is InChI=1S/C32H38FN3O2/c1-6-8-25-17-26(12-9-23(25)7-2)27-13-14-28(29(33)18-27)30(34-32(3,4)21-37)35(5)19-22-15-16-36(20-22)31(38)24-10-11-24/h6-9,12-14,17-18,21-22,24H,2,10-11,15-16,19-20H2,1,3-5H3/b8-6-,34-30?. The molecular formula is C32H38FN3O2. The Morgan fingerprint density at radius 2 is 1.87 bits per heavy atom. The lowest BCUT2D eigenvalue weighted by Gasteiger charge is -2.27. The minimum Gasteiger partial charge on any atom is -0.359 e. The number of amides is 1. The average molecular weight is 516 g/mol. The maximum atomic E-state index is 15.7. The molecule has 1 saturated heterocycles. The molecule has 2 fully saturated rings.